The topological polar surface area (TPSA) is 104 Å². The number of benzene rings is 2. The fraction of sp³-hybridized carbons (Fsp3) is 0.143. The largest absolute Gasteiger partial charge is 0.404 e. The number of nitrogens with zero attached hydrogens (tertiary/aromatic N) is 4. The molecule has 8 nitrogen and oxygen atoms in total. The molecular formula is C28H29FN7O+. The number of aromatic nitrogens is 3. The number of hydrogen-bond acceptors (Lipinski definition) is 5. The minimum absolute atomic E-state index is 0.261. The van der Waals surface area contributed by atoms with E-state index in [1.807, 2.05) is 51.4 Å². The number of fused-ring (bicyclic) bond motifs is 1. The van der Waals surface area contributed by atoms with Gasteiger partial charge in [0, 0.05) is 36.8 Å². The van der Waals surface area contributed by atoms with Crippen LogP contribution in [0.25, 0.3) is 27.6 Å². The first-order valence-electron chi connectivity index (χ1n) is 11.7. The lowest BCUT2D eigenvalue weighted by molar-refractivity contribution is -0.301. The minimum Gasteiger partial charge on any atom is -0.404 e. The Kier molecular flexibility index (Phi) is 7.43. The molecule has 0 aliphatic carbocycles. The molecule has 2 aromatic heterocycles. The molecule has 0 radical (unpaired) electrons. The Morgan fingerprint density at radius 1 is 1.27 bits per heavy atom. The summed E-state index contributed by atoms with van der Waals surface area (Å²) in [6.07, 6.45) is 8.32. The van der Waals surface area contributed by atoms with Crippen molar-refractivity contribution in [1.29, 1.82) is 0 Å². The third-order valence-corrected chi connectivity index (χ3v) is 5.92. The van der Waals surface area contributed by atoms with Crippen LogP contribution in [0.2, 0.25) is 0 Å². The number of aryl methyl sites for hydroxylation is 1. The van der Waals surface area contributed by atoms with E-state index in [4.69, 9.17) is 5.73 Å². The van der Waals surface area contributed by atoms with Crippen molar-refractivity contribution in [2.75, 3.05) is 0 Å². The molecule has 0 amide bonds. The highest BCUT2D eigenvalue weighted by Gasteiger charge is 2.21. The normalized spacial score (nSPS) is 13.3. The van der Waals surface area contributed by atoms with Crippen LogP contribution in [0, 0.1) is 5.82 Å². The van der Waals surface area contributed by atoms with Crippen LogP contribution in [-0.2, 0) is 7.05 Å². The van der Waals surface area contributed by atoms with Gasteiger partial charge in [0.1, 0.15) is 5.82 Å². The average molecular weight is 499 g/mol. The second kappa shape index (κ2) is 10.9. The molecule has 2 heterocycles. The van der Waals surface area contributed by atoms with Gasteiger partial charge in [-0.3, -0.25) is 19.0 Å². The molecule has 4 rings (SSSR count). The summed E-state index contributed by atoms with van der Waals surface area (Å²) in [7, 11) is 1.82. The van der Waals surface area contributed by atoms with Gasteiger partial charge in [-0.25, -0.2) is 4.39 Å². The number of pyridine rings is 1. The standard InChI is InChI=1S/C28H28FN7O/c1-5-25(34-26(31-3)12-13-30)33-18(2)24-14-19-8-6-11-23(20-16-32-35(4)17-20)27(19)28(37)36(24)22-10-7-9-21(29)15-22/h5-18,33H,3,30H2,1-2,4H3/p+1/b13-12?,25-5-,34-26?/t18-/m0/s1. The van der Waals surface area contributed by atoms with Crippen molar-refractivity contribution >= 4 is 23.3 Å². The van der Waals surface area contributed by atoms with Gasteiger partial charge < -0.3 is 11.1 Å². The highest BCUT2D eigenvalue weighted by molar-refractivity contribution is 5.96. The van der Waals surface area contributed by atoms with Crippen LogP contribution in [0.5, 0.6) is 0 Å². The van der Waals surface area contributed by atoms with Gasteiger partial charge >= 0.3 is 5.84 Å². The number of allylic oxidation sites excluding steroid dienone is 1. The van der Waals surface area contributed by atoms with Gasteiger partial charge in [-0.1, -0.05) is 24.3 Å². The average Bonchev–Trinajstić information content (AvgIpc) is 3.33. The molecule has 188 valence electrons. The van der Waals surface area contributed by atoms with Crippen molar-refractivity contribution in [3.63, 3.8) is 0 Å². The van der Waals surface area contributed by atoms with E-state index in [2.05, 4.69) is 27.1 Å². The molecule has 0 aliphatic rings. The Hall–Kier alpha value is -4.79. The monoisotopic (exact) mass is 498 g/mol. The first kappa shape index (κ1) is 25.3. The predicted octanol–water partition coefficient (Wildman–Crippen LogP) is 2.69. The van der Waals surface area contributed by atoms with Crippen LogP contribution in [0.4, 0.5) is 4.39 Å². The van der Waals surface area contributed by atoms with Gasteiger partial charge in [0.05, 0.1) is 30.0 Å². The Balaban J connectivity index is 1.94. The third kappa shape index (κ3) is 5.25. The van der Waals surface area contributed by atoms with E-state index >= 15 is 0 Å². The van der Waals surface area contributed by atoms with Gasteiger partial charge in [-0.15, -0.1) is 0 Å². The van der Waals surface area contributed by atoms with Gasteiger partial charge in [-0.2, -0.15) is 5.10 Å². The molecule has 0 fully saturated rings. The van der Waals surface area contributed by atoms with Crippen LogP contribution in [0.15, 0.2) is 94.9 Å². The van der Waals surface area contributed by atoms with Crippen LogP contribution in [0.1, 0.15) is 25.6 Å². The zero-order valence-electron chi connectivity index (χ0n) is 20.9. The molecule has 4 aromatic rings. The number of rotatable bonds is 7. The van der Waals surface area contributed by atoms with E-state index in [-0.39, 0.29) is 11.6 Å². The molecule has 0 unspecified atom stereocenters. The highest BCUT2D eigenvalue weighted by atomic mass is 19.1. The summed E-state index contributed by atoms with van der Waals surface area (Å²) in [5, 5.41) is 8.89. The first-order valence-corrected chi connectivity index (χ1v) is 11.7. The number of nitrogens with two attached hydrogens (primary N) is 1. The molecule has 0 spiro atoms. The number of nitrogens with one attached hydrogen (secondary N) is 2. The third-order valence-electron chi connectivity index (χ3n) is 5.92. The Labute approximate surface area is 214 Å². The predicted molar refractivity (Wildman–Crippen MR) is 146 cm³/mol. The summed E-state index contributed by atoms with van der Waals surface area (Å²) in [5.41, 5.74) is 7.87. The van der Waals surface area contributed by atoms with Crippen molar-refractivity contribution in [2.24, 2.45) is 17.8 Å². The van der Waals surface area contributed by atoms with Crippen molar-refractivity contribution in [2.45, 2.75) is 19.9 Å². The van der Waals surface area contributed by atoms with Crippen molar-refractivity contribution < 1.29 is 9.38 Å². The minimum atomic E-state index is -0.435. The quantitative estimate of drug-likeness (QED) is 0.269. The van der Waals surface area contributed by atoms with Crippen molar-refractivity contribution in [3.05, 3.63) is 107 Å². The van der Waals surface area contributed by atoms with Crippen LogP contribution in [0.3, 0.4) is 0 Å². The summed E-state index contributed by atoms with van der Waals surface area (Å²) < 4.78 is 17.5. The summed E-state index contributed by atoms with van der Waals surface area (Å²) in [6.45, 7) is 7.39. The zero-order chi connectivity index (χ0) is 26.5. The van der Waals surface area contributed by atoms with E-state index in [0.717, 1.165) is 16.5 Å². The maximum Gasteiger partial charge on any atom is 0.324 e. The Bertz CT molecular complexity index is 1610. The van der Waals surface area contributed by atoms with Crippen LogP contribution in [-0.4, -0.2) is 26.9 Å². The highest BCUT2D eigenvalue weighted by Crippen LogP contribution is 2.29. The van der Waals surface area contributed by atoms with Gasteiger partial charge in [-0.05, 0) is 60.1 Å². The van der Waals surface area contributed by atoms with Gasteiger partial charge in [0.25, 0.3) is 5.56 Å². The first-order chi connectivity index (χ1) is 17.9. The van der Waals surface area contributed by atoms with Gasteiger partial charge in [0.2, 0.25) is 5.82 Å². The molecule has 0 saturated heterocycles. The molecule has 0 aliphatic heterocycles. The number of hydrogen-bond donors (Lipinski definition) is 3. The van der Waals surface area contributed by atoms with Crippen molar-refractivity contribution in [3.8, 4) is 16.8 Å². The van der Waals surface area contributed by atoms with E-state index < -0.39 is 5.82 Å². The molecule has 9 heteroatoms. The fourth-order valence-electron chi connectivity index (χ4n) is 4.22. The number of halogens is 1. The van der Waals surface area contributed by atoms with Crippen LogP contribution < -0.4 is 21.6 Å². The molecule has 1 atom stereocenters. The Morgan fingerprint density at radius 2 is 2.05 bits per heavy atom. The smallest absolute Gasteiger partial charge is 0.324 e. The second-order valence-corrected chi connectivity index (χ2v) is 8.43. The summed E-state index contributed by atoms with van der Waals surface area (Å²) in [6, 6.07) is 13.3. The molecule has 37 heavy (non-hydrogen) atoms. The van der Waals surface area contributed by atoms with Crippen molar-refractivity contribution in [1.82, 2.24) is 19.7 Å². The van der Waals surface area contributed by atoms with E-state index in [9.17, 15) is 9.18 Å². The number of amidine groups is 1. The van der Waals surface area contributed by atoms with Gasteiger partial charge in [0.15, 0.2) is 0 Å². The zero-order valence-corrected chi connectivity index (χ0v) is 20.9. The maximum atomic E-state index is 14.3. The van der Waals surface area contributed by atoms with Crippen LogP contribution >= 0.6 is 0 Å². The Morgan fingerprint density at radius 3 is 2.70 bits per heavy atom. The maximum absolute atomic E-state index is 14.3. The summed E-state index contributed by atoms with van der Waals surface area (Å²) in [5.74, 6) is 0.562. The van der Waals surface area contributed by atoms with E-state index in [0.29, 0.717) is 28.4 Å². The molecule has 0 bridgehead atoms. The van der Waals surface area contributed by atoms with E-state index in [1.165, 1.54) is 18.3 Å². The molecule has 4 N–H and O–H groups in total. The summed E-state index contributed by atoms with van der Waals surface area (Å²) in [4.78, 5) is 21.4. The fourth-order valence-corrected chi connectivity index (χ4v) is 4.22. The number of aliphatic imine (C=N–C) groups is 1. The SMILES string of the molecule is C=[NH+]C(C=CN)=N/C(=C\C)N[C@@H](C)c1cc2cccc(-c3cnn(C)c3)c2c(=O)n1-c1cccc(F)c1. The summed E-state index contributed by atoms with van der Waals surface area (Å²) >= 11 is 0. The van der Waals surface area contributed by atoms with E-state index in [1.54, 1.807) is 39.7 Å². The second-order valence-electron chi connectivity index (χ2n) is 8.43. The lowest BCUT2D eigenvalue weighted by atomic mass is 9.99. The lowest BCUT2D eigenvalue weighted by Gasteiger charge is -2.21. The molecule has 2 aromatic carbocycles. The lowest BCUT2D eigenvalue weighted by Crippen LogP contribution is -2.70. The molecule has 0 saturated carbocycles. The molecular weight excluding hydrogens is 469 g/mol.